The number of rotatable bonds is 6. The van der Waals surface area contributed by atoms with Gasteiger partial charge in [0.2, 0.25) is 0 Å². The Morgan fingerprint density at radius 1 is 1.00 bits per heavy atom. The number of hydrogen-bond donors (Lipinski definition) is 0. The minimum atomic E-state index is -0.866. The standard InChI is InChI=1S/C11H14O3S.C8H10O/c12-15-9-14-8-11(15)7-13-6-10-4-2-1-3-5-10;1-9-7-8-5-3-2-4-6-8/h1-5,11H,6-9H2;2-6H,7H2,1H3. The van der Waals surface area contributed by atoms with Gasteiger partial charge in [-0.25, -0.2) is 0 Å². The summed E-state index contributed by atoms with van der Waals surface area (Å²) in [4.78, 5) is 0. The van der Waals surface area contributed by atoms with E-state index in [2.05, 4.69) is 0 Å². The van der Waals surface area contributed by atoms with Gasteiger partial charge in [-0.1, -0.05) is 60.7 Å². The monoisotopic (exact) mass is 348 g/mol. The van der Waals surface area contributed by atoms with E-state index in [9.17, 15) is 4.21 Å². The molecule has 2 unspecified atom stereocenters. The topological polar surface area (TPSA) is 44.8 Å². The predicted molar refractivity (Wildman–Crippen MR) is 96.0 cm³/mol. The third kappa shape index (κ3) is 6.93. The average Bonchev–Trinajstić information content (AvgIpc) is 3.03. The average molecular weight is 348 g/mol. The second kappa shape index (κ2) is 11.1. The van der Waals surface area contributed by atoms with E-state index in [1.54, 1.807) is 7.11 Å². The van der Waals surface area contributed by atoms with Crippen molar-refractivity contribution in [3.8, 4) is 0 Å². The highest BCUT2D eigenvalue weighted by molar-refractivity contribution is 7.85. The summed E-state index contributed by atoms with van der Waals surface area (Å²) in [5.41, 5.74) is 2.36. The van der Waals surface area contributed by atoms with E-state index in [1.165, 1.54) is 5.56 Å². The van der Waals surface area contributed by atoms with Crippen molar-refractivity contribution in [1.82, 2.24) is 0 Å². The molecule has 0 radical (unpaired) electrons. The van der Waals surface area contributed by atoms with E-state index in [4.69, 9.17) is 14.2 Å². The Kier molecular flexibility index (Phi) is 8.70. The molecular formula is C19H24O4S. The molecule has 1 saturated heterocycles. The summed E-state index contributed by atoms with van der Waals surface area (Å²) < 4.78 is 26.8. The van der Waals surface area contributed by atoms with Gasteiger partial charge in [-0.3, -0.25) is 4.21 Å². The second-order valence-corrected chi connectivity index (χ2v) is 7.07. The zero-order chi connectivity index (χ0) is 17.0. The van der Waals surface area contributed by atoms with Crippen molar-refractivity contribution >= 4 is 10.8 Å². The Balaban J connectivity index is 0.000000198. The molecule has 0 saturated carbocycles. The van der Waals surface area contributed by atoms with Crippen LogP contribution in [0.15, 0.2) is 60.7 Å². The highest BCUT2D eigenvalue weighted by Gasteiger charge is 2.23. The summed E-state index contributed by atoms with van der Waals surface area (Å²) in [7, 11) is 0.836. The molecule has 0 N–H and O–H groups in total. The zero-order valence-corrected chi connectivity index (χ0v) is 14.7. The fraction of sp³-hybridized carbons (Fsp3) is 0.368. The van der Waals surface area contributed by atoms with Crippen LogP contribution < -0.4 is 0 Å². The largest absolute Gasteiger partial charge is 0.380 e. The van der Waals surface area contributed by atoms with E-state index in [0.717, 1.165) is 5.56 Å². The molecule has 0 aliphatic carbocycles. The van der Waals surface area contributed by atoms with Crippen molar-refractivity contribution in [2.45, 2.75) is 18.5 Å². The van der Waals surface area contributed by atoms with Gasteiger partial charge in [-0.2, -0.15) is 0 Å². The van der Waals surface area contributed by atoms with Gasteiger partial charge in [-0.05, 0) is 11.1 Å². The van der Waals surface area contributed by atoms with Crippen LogP contribution >= 0.6 is 0 Å². The highest BCUT2D eigenvalue weighted by Crippen LogP contribution is 2.09. The summed E-state index contributed by atoms with van der Waals surface area (Å²) in [6.45, 7) is 2.36. The molecule has 5 heteroatoms. The normalized spacial score (nSPS) is 19.5. The lowest BCUT2D eigenvalue weighted by Gasteiger charge is -2.07. The first-order valence-electron chi connectivity index (χ1n) is 7.89. The number of benzene rings is 2. The van der Waals surface area contributed by atoms with Gasteiger partial charge in [0.15, 0.2) is 0 Å². The van der Waals surface area contributed by atoms with E-state index in [1.807, 2.05) is 60.7 Å². The van der Waals surface area contributed by atoms with Crippen LogP contribution in [0.1, 0.15) is 11.1 Å². The summed E-state index contributed by atoms with van der Waals surface area (Å²) in [6.07, 6.45) is 0. The molecule has 0 amide bonds. The molecule has 3 rings (SSSR count). The molecule has 1 aliphatic rings. The Labute approximate surface area is 146 Å². The first kappa shape index (κ1) is 18.8. The first-order valence-corrected chi connectivity index (χ1v) is 9.27. The molecule has 130 valence electrons. The Morgan fingerprint density at radius 2 is 1.58 bits per heavy atom. The van der Waals surface area contributed by atoms with E-state index in [-0.39, 0.29) is 5.25 Å². The van der Waals surface area contributed by atoms with Crippen LogP contribution in [0.4, 0.5) is 0 Å². The molecule has 4 nitrogen and oxygen atoms in total. The molecule has 0 spiro atoms. The molecular weight excluding hydrogens is 324 g/mol. The third-order valence-corrected chi connectivity index (χ3v) is 4.86. The van der Waals surface area contributed by atoms with E-state index >= 15 is 0 Å². The Morgan fingerprint density at radius 3 is 2.08 bits per heavy atom. The van der Waals surface area contributed by atoms with Crippen LogP contribution in [-0.2, 0) is 38.2 Å². The molecule has 1 heterocycles. The van der Waals surface area contributed by atoms with Gasteiger partial charge in [-0.15, -0.1) is 0 Å². The van der Waals surface area contributed by atoms with Gasteiger partial charge in [0.25, 0.3) is 0 Å². The van der Waals surface area contributed by atoms with Crippen molar-refractivity contribution in [1.29, 1.82) is 0 Å². The van der Waals surface area contributed by atoms with Crippen LogP contribution in [0.25, 0.3) is 0 Å². The molecule has 0 bridgehead atoms. The lowest BCUT2D eigenvalue weighted by atomic mass is 10.2. The quantitative estimate of drug-likeness (QED) is 0.804. The number of ether oxygens (including phenoxy) is 3. The van der Waals surface area contributed by atoms with Crippen molar-refractivity contribution < 1.29 is 18.4 Å². The third-order valence-electron chi connectivity index (χ3n) is 3.44. The Hall–Kier alpha value is -1.53. The number of hydrogen-bond acceptors (Lipinski definition) is 4. The molecule has 2 aromatic rings. The van der Waals surface area contributed by atoms with Crippen LogP contribution in [0, 0.1) is 0 Å². The van der Waals surface area contributed by atoms with E-state index in [0.29, 0.717) is 32.4 Å². The predicted octanol–water partition coefficient (Wildman–Crippen LogP) is 3.14. The molecule has 0 aromatic heterocycles. The van der Waals surface area contributed by atoms with Gasteiger partial charge in [0, 0.05) is 7.11 Å². The lowest BCUT2D eigenvalue weighted by molar-refractivity contribution is 0.104. The molecule has 2 aromatic carbocycles. The smallest absolute Gasteiger partial charge is 0.122 e. The van der Waals surface area contributed by atoms with Crippen LogP contribution in [0.3, 0.4) is 0 Å². The minimum absolute atomic E-state index is 0.0497. The SMILES string of the molecule is COCc1ccccc1.O=S1COCC1COCc1ccccc1. The number of methoxy groups -OCH3 is 1. The Bertz CT molecular complexity index is 589. The summed E-state index contributed by atoms with van der Waals surface area (Å²) in [5.74, 6) is 0.360. The van der Waals surface area contributed by atoms with Crippen molar-refractivity contribution in [2.24, 2.45) is 0 Å². The van der Waals surface area contributed by atoms with E-state index < -0.39 is 10.8 Å². The summed E-state index contributed by atoms with van der Waals surface area (Å²) >= 11 is 0. The summed E-state index contributed by atoms with van der Waals surface area (Å²) in [6, 6.07) is 20.1. The fourth-order valence-corrected chi connectivity index (χ4v) is 3.13. The molecule has 2 atom stereocenters. The summed E-state index contributed by atoms with van der Waals surface area (Å²) in [5, 5.41) is 0.0497. The van der Waals surface area contributed by atoms with Gasteiger partial charge in [0.1, 0.15) is 5.94 Å². The molecule has 1 aliphatic heterocycles. The van der Waals surface area contributed by atoms with Crippen LogP contribution in [0.5, 0.6) is 0 Å². The highest BCUT2D eigenvalue weighted by atomic mass is 32.2. The lowest BCUT2D eigenvalue weighted by Crippen LogP contribution is -2.19. The maximum atomic E-state index is 11.3. The first-order chi connectivity index (χ1) is 11.8. The fourth-order valence-electron chi connectivity index (χ4n) is 2.18. The van der Waals surface area contributed by atoms with Gasteiger partial charge in [0.05, 0.1) is 42.5 Å². The van der Waals surface area contributed by atoms with Crippen molar-refractivity contribution in [2.75, 3.05) is 26.3 Å². The zero-order valence-electron chi connectivity index (χ0n) is 13.9. The second-order valence-electron chi connectivity index (χ2n) is 5.41. The van der Waals surface area contributed by atoms with Gasteiger partial charge < -0.3 is 14.2 Å². The molecule has 1 fully saturated rings. The van der Waals surface area contributed by atoms with Crippen LogP contribution in [0.2, 0.25) is 0 Å². The minimum Gasteiger partial charge on any atom is -0.380 e. The molecule has 24 heavy (non-hydrogen) atoms. The maximum Gasteiger partial charge on any atom is 0.122 e. The van der Waals surface area contributed by atoms with Gasteiger partial charge >= 0.3 is 0 Å². The van der Waals surface area contributed by atoms with Crippen LogP contribution in [-0.4, -0.2) is 35.7 Å². The van der Waals surface area contributed by atoms with Crippen molar-refractivity contribution in [3.05, 3.63) is 71.8 Å². The van der Waals surface area contributed by atoms with Crippen molar-refractivity contribution in [3.63, 3.8) is 0 Å². The maximum absolute atomic E-state index is 11.3.